The van der Waals surface area contributed by atoms with Gasteiger partial charge in [-0.1, -0.05) is 25.5 Å². The second kappa shape index (κ2) is 6.51. The van der Waals surface area contributed by atoms with Crippen LogP contribution in [0.3, 0.4) is 0 Å². The molecule has 16 heavy (non-hydrogen) atoms. The molecule has 1 atom stereocenters. The normalized spacial score (nSPS) is 12.5. The SMILES string of the molecule is [CH2]C(CF)c1ccc(CCC)c(OCC)c1. The maximum absolute atomic E-state index is 12.5. The summed E-state index contributed by atoms with van der Waals surface area (Å²) in [6, 6.07) is 5.90. The minimum absolute atomic E-state index is 0.296. The Bertz CT molecular complexity index is 323. The fourth-order valence-corrected chi connectivity index (χ4v) is 1.68. The van der Waals surface area contributed by atoms with Crippen LogP contribution in [0.5, 0.6) is 5.75 Å². The third-order valence-corrected chi connectivity index (χ3v) is 2.57. The molecular weight excluding hydrogens is 203 g/mol. The Balaban J connectivity index is 2.96. The highest BCUT2D eigenvalue weighted by atomic mass is 19.1. The van der Waals surface area contributed by atoms with E-state index < -0.39 is 6.67 Å². The van der Waals surface area contributed by atoms with Crippen LogP contribution in [0.1, 0.15) is 37.3 Å². The van der Waals surface area contributed by atoms with Crippen molar-refractivity contribution < 1.29 is 9.13 Å². The molecule has 2 heteroatoms. The van der Waals surface area contributed by atoms with E-state index in [1.165, 1.54) is 5.56 Å². The first-order chi connectivity index (χ1) is 7.72. The molecule has 0 heterocycles. The summed E-state index contributed by atoms with van der Waals surface area (Å²) < 4.78 is 18.1. The van der Waals surface area contributed by atoms with Crippen LogP contribution in [0, 0.1) is 6.92 Å². The summed E-state index contributed by atoms with van der Waals surface area (Å²) in [5.74, 6) is 0.582. The standard InChI is InChI=1S/C14H20FO/c1-4-6-12-7-8-13(11(3)10-15)9-14(12)16-5-2/h7-9,11H,3-6,10H2,1-2H3. The third-order valence-electron chi connectivity index (χ3n) is 2.57. The summed E-state index contributed by atoms with van der Waals surface area (Å²) in [5, 5.41) is 0. The molecule has 89 valence electrons. The van der Waals surface area contributed by atoms with Gasteiger partial charge in [-0.15, -0.1) is 0 Å². The van der Waals surface area contributed by atoms with Crippen LogP contribution < -0.4 is 4.74 Å². The zero-order chi connectivity index (χ0) is 12.0. The van der Waals surface area contributed by atoms with Gasteiger partial charge in [0.1, 0.15) is 5.75 Å². The number of alkyl halides is 1. The zero-order valence-corrected chi connectivity index (χ0v) is 10.1. The van der Waals surface area contributed by atoms with Crippen LogP contribution in [-0.2, 0) is 6.42 Å². The van der Waals surface area contributed by atoms with Crippen molar-refractivity contribution in [1.82, 2.24) is 0 Å². The van der Waals surface area contributed by atoms with Crippen LogP contribution in [0.2, 0.25) is 0 Å². The van der Waals surface area contributed by atoms with Gasteiger partial charge in [0.05, 0.1) is 13.3 Å². The first-order valence-electron chi connectivity index (χ1n) is 5.87. The molecule has 0 aromatic heterocycles. The third kappa shape index (κ3) is 3.22. The number of rotatable bonds is 6. The number of aryl methyl sites for hydroxylation is 1. The van der Waals surface area contributed by atoms with Crippen molar-refractivity contribution >= 4 is 0 Å². The summed E-state index contributed by atoms with van der Waals surface area (Å²) in [6.07, 6.45) is 2.07. The molecule has 0 aliphatic heterocycles. The number of hydrogen-bond acceptors (Lipinski definition) is 1. The van der Waals surface area contributed by atoms with Crippen molar-refractivity contribution in [2.45, 2.75) is 32.6 Å². The lowest BCUT2D eigenvalue weighted by molar-refractivity contribution is 0.335. The van der Waals surface area contributed by atoms with Crippen molar-refractivity contribution in [3.05, 3.63) is 36.2 Å². The summed E-state index contributed by atoms with van der Waals surface area (Å²) in [7, 11) is 0. The van der Waals surface area contributed by atoms with Crippen molar-refractivity contribution in [2.75, 3.05) is 13.3 Å². The first kappa shape index (κ1) is 13.0. The highest BCUT2D eigenvalue weighted by molar-refractivity contribution is 5.39. The quantitative estimate of drug-likeness (QED) is 0.710. The molecule has 1 nitrogen and oxygen atoms in total. The molecule has 1 radical (unpaired) electrons. The Hall–Kier alpha value is -1.05. The molecule has 0 saturated heterocycles. The molecule has 0 saturated carbocycles. The van der Waals surface area contributed by atoms with Gasteiger partial charge < -0.3 is 4.74 Å². The zero-order valence-electron chi connectivity index (χ0n) is 10.1. The average molecular weight is 223 g/mol. The van der Waals surface area contributed by atoms with E-state index in [2.05, 4.69) is 13.8 Å². The summed E-state index contributed by atoms with van der Waals surface area (Å²) in [6.45, 7) is 8.07. The molecule has 0 fully saturated rings. The highest BCUT2D eigenvalue weighted by Gasteiger charge is 2.09. The van der Waals surface area contributed by atoms with Crippen molar-refractivity contribution in [3.8, 4) is 5.75 Å². The Morgan fingerprint density at radius 2 is 2.12 bits per heavy atom. The minimum Gasteiger partial charge on any atom is -0.494 e. The van der Waals surface area contributed by atoms with E-state index in [0.717, 1.165) is 24.2 Å². The molecule has 0 spiro atoms. The van der Waals surface area contributed by atoms with Gasteiger partial charge in [-0.2, -0.15) is 0 Å². The fourth-order valence-electron chi connectivity index (χ4n) is 1.68. The average Bonchev–Trinajstić information content (AvgIpc) is 2.31. The van der Waals surface area contributed by atoms with E-state index in [9.17, 15) is 4.39 Å². The molecule has 1 aromatic carbocycles. The first-order valence-corrected chi connectivity index (χ1v) is 5.87. The van der Waals surface area contributed by atoms with Gasteiger partial charge in [0.15, 0.2) is 0 Å². The lowest BCUT2D eigenvalue weighted by atomic mass is 9.99. The summed E-state index contributed by atoms with van der Waals surface area (Å²) in [5.41, 5.74) is 2.10. The number of ether oxygens (including phenoxy) is 1. The Labute approximate surface area is 97.6 Å². The molecule has 0 bridgehead atoms. The molecule has 0 aliphatic rings. The van der Waals surface area contributed by atoms with E-state index in [4.69, 9.17) is 4.74 Å². The van der Waals surface area contributed by atoms with Gasteiger partial charge in [-0.25, -0.2) is 0 Å². The molecule has 1 rings (SSSR count). The van der Waals surface area contributed by atoms with Gasteiger partial charge in [0.25, 0.3) is 0 Å². The van der Waals surface area contributed by atoms with Gasteiger partial charge in [0.2, 0.25) is 0 Å². The molecule has 0 amide bonds. The van der Waals surface area contributed by atoms with Gasteiger partial charge in [0, 0.05) is 5.92 Å². The van der Waals surface area contributed by atoms with Crippen molar-refractivity contribution in [1.29, 1.82) is 0 Å². The monoisotopic (exact) mass is 223 g/mol. The predicted octanol–water partition coefficient (Wildman–Crippen LogP) is 3.92. The molecule has 0 N–H and O–H groups in total. The lowest BCUT2D eigenvalue weighted by Crippen LogP contribution is -2.01. The van der Waals surface area contributed by atoms with Crippen LogP contribution in [0.4, 0.5) is 4.39 Å². The predicted molar refractivity (Wildman–Crippen MR) is 65.7 cm³/mol. The van der Waals surface area contributed by atoms with E-state index in [0.29, 0.717) is 6.61 Å². The van der Waals surface area contributed by atoms with E-state index in [1.54, 1.807) is 0 Å². The molecule has 0 aliphatic carbocycles. The van der Waals surface area contributed by atoms with Crippen LogP contribution in [-0.4, -0.2) is 13.3 Å². The highest BCUT2D eigenvalue weighted by Crippen LogP contribution is 2.26. The number of halogens is 1. The fraction of sp³-hybridized carbons (Fsp3) is 0.500. The van der Waals surface area contributed by atoms with E-state index in [1.807, 2.05) is 25.1 Å². The second-order valence-corrected chi connectivity index (χ2v) is 3.90. The topological polar surface area (TPSA) is 9.23 Å². The Morgan fingerprint density at radius 1 is 1.38 bits per heavy atom. The lowest BCUT2D eigenvalue weighted by Gasteiger charge is -2.14. The van der Waals surface area contributed by atoms with Gasteiger partial charge in [-0.05, 0) is 37.5 Å². The van der Waals surface area contributed by atoms with E-state index >= 15 is 0 Å². The van der Waals surface area contributed by atoms with Crippen molar-refractivity contribution in [3.63, 3.8) is 0 Å². The van der Waals surface area contributed by atoms with Gasteiger partial charge >= 0.3 is 0 Å². The summed E-state index contributed by atoms with van der Waals surface area (Å²) in [4.78, 5) is 0. The largest absolute Gasteiger partial charge is 0.494 e. The number of hydrogen-bond donors (Lipinski definition) is 0. The Morgan fingerprint density at radius 3 is 2.69 bits per heavy atom. The molecular formula is C14H20FO. The minimum atomic E-state index is -0.432. The van der Waals surface area contributed by atoms with Crippen LogP contribution >= 0.6 is 0 Å². The summed E-state index contributed by atoms with van der Waals surface area (Å²) >= 11 is 0. The van der Waals surface area contributed by atoms with Gasteiger partial charge in [-0.3, -0.25) is 4.39 Å². The second-order valence-electron chi connectivity index (χ2n) is 3.90. The Kier molecular flexibility index (Phi) is 5.30. The molecule has 1 aromatic rings. The maximum atomic E-state index is 12.5. The smallest absolute Gasteiger partial charge is 0.122 e. The van der Waals surface area contributed by atoms with Crippen LogP contribution in [0.25, 0.3) is 0 Å². The number of benzene rings is 1. The van der Waals surface area contributed by atoms with E-state index in [-0.39, 0.29) is 5.92 Å². The molecule has 1 unspecified atom stereocenters. The maximum Gasteiger partial charge on any atom is 0.122 e. The van der Waals surface area contributed by atoms with Crippen LogP contribution in [0.15, 0.2) is 18.2 Å². The van der Waals surface area contributed by atoms with Crippen molar-refractivity contribution in [2.24, 2.45) is 0 Å².